The van der Waals surface area contributed by atoms with E-state index in [2.05, 4.69) is 0 Å². The Labute approximate surface area is 111 Å². The Bertz CT molecular complexity index is 602. The second kappa shape index (κ2) is 5.32. The van der Waals surface area contributed by atoms with Crippen LogP contribution in [0.15, 0.2) is 22.6 Å². The summed E-state index contributed by atoms with van der Waals surface area (Å²) in [6.07, 6.45) is 0. The number of nitrogens with two attached hydrogens (primary N) is 1. The van der Waals surface area contributed by atoms with Gasteiger partial charge in [-0.3, -0.25) is 4.79 Å². The van der Waals surface area contributed by atoms with E-state index in [0.29, 0.717) is 17.9 Å². The molecule has 0 fully saturated rings. The number of hydrogen-bond acceptors (Lipinski definition) is 4. The Kier molecular flexibility index (Phi) is 3.76. The third-order valence-corrected chi connectivity index (χ3v) is 2.94. The molecule has 2 rings (SSSR count). The minimum absolute atomic E-state index is 0.193. The van der Waals surface area contributed by atoms with E-state index in [4.69, 9.17) is 14.9 Å². The van der Waals surface area contributed by atoms with E-state index in [1.54, 1.807) is 6.07 Å². The van der Waals surface area contributed by atoms with Gasteiger partial charge < -0.3 is 19.8 Å². The first-order chi connectivity index (χ1) is 9.00. The lowest BCUT2D eigenvalue weighted by atomic mass is 10.1. The molecule has 2 N–H and O–H groups in total. The summed E-state index contributed by atoms with van der Waals surface area (Å²) in [6.45, 7) is 3.20. The minimum atomic E-state index is -0.562. The molecule has 0 atom stereocenters. The first kappa shape index (κ1) is 13.4. The number of carbonyl (C=O) groups excluding carboxylic acids is 1. The van der Waals surface area contributed by atoms with Crippen LogP contribution in [-0.2, 0) is 0 Å². The van der Waals surface area contributed by atoms with Crippen molar-refractivity contribution in [2.75, 3.05) is 27.2 Å². The number of carbonyl (C=O) groups is 1. The Morgan fingerprint density at radius 3 is 2.79 bits per heavy atom. The molecule has 0 aliphatic heterocycles. The number of rotatable bonds is 5. The van der Waals surface area contributed by atoms with Crippen molar-refractivity contribution in [3.8, 4) is 5.75 Å². The quantitative estimate of drug-likeness (QED) is 0.891. The van der Waals surface area contributed by atoms with Gasteiger partial charge in [0, 0.05) is 12.1 Å². The van der Waals surface area contributed by atoms with E-state index < -0.39 is 5.91 Å². The van der Waals surface area contributed by atoms with Gasteiger partial charge in [-0.05, 0) is 33.2 Å². The van der Waals surface area contributed by atoms with E-state index in [1.807, 2.05) is 38.1 Å². The van der Waals surface area contributed by atoms with Gasteiger partial charge >= 0.3 is 0 Å². The van der Waals surface area contributed by atoms with E-state index in [0.717, 1.165) is 17.5 Å². The first-order valence-corrected chi connectivity index (χ1v) is 6.10. The molecule has 0 saturated heterocycles. The summed E-state index contributed by atoms with van der Waals surface area (Å²) in [5.41, 5.74) is 6.63. The number of amides is 1. The van der Waals surface area contributed by atoms with Crippen LogP contribution in [0.2, 0.25) is 0 Å². The number of fused-ring (bicyclic) bond motifs is 1. The number of hydrogen-bond donors (Lipinski definition) is 1. The summed E-state index contributed by atoms with van der Waals surface area (Å²) in [4.78, 5) is 13.3. The molecule has 0 aliphatic rings. The Balaban J connectivity index is 2.36. The Hall–Kier alpha value is -2.01. The van der Waals surface area contributed by atoms with Gasteiger partial charge in [-0.1, -0.05) is 6.07 Å². The number of benzene rings is 1. The highest BCUT2D eigenvalue weighted by molar-refractivity contribution is 5.99. The number of furan rings is 1. The average Bonchev–Trinajstić information content (AvgIpc) is 2.67. The first-order valence-electron chi connectivity index (χ1n) is 6.10. The highest BCUT2D eigenvalue weighted by Gasteiger charge is 2.18. The number of aryl methyl sites for hydroxylation is 1. The van der Waals surface area contributed by atoms with Crippen LogP contribution in [0.5, 0.6) is 5.75 Å². The van der Waals surface area contributed by atoms with Gasteiger partial charge in [-0.25, -0.2) is 0 Å². The second-order valence-electron chi connectivity index (χ2n) is 4.70. The molecule has 1 aromatic heterocycles. The number of likely N-dealkylation sites (N-methyl/N-ethyl adjacent to an activating group) is 1. The van der Waals surface area contributed by atoms with Gasteiger partial charge in [0.2, 0.25) is 0 Å². The van der Waals surface area contributed by atoms with E-state index in [-0.39, 0.29) is 5.76 Å². The number of primary amides is 1. The van der Waals surface area contributed by atoms with Crippen molar-refractivity contribution < 1.29 is 13.9 Å². The standard InChI is InChI=1S/C14H18N2O3/c1-9-12-10(18-8-7-16(2)3)5-4-6-11(12)19-13(9)14(15)17/h4-6H,7-8H2,1-3H3,(H2,15,17). The molecule has 0 radical (unpaired) electrons. The van der Waals surface area contributed by atoms with Crippen LogP contribution < -0.4 is 10.5 Å². The lowest BCUT2D eigenvalue weighted by molar-refractivity contribution is 0.0975. The highest BCUT2D eigenvalue weighted by atomic mass is 16.5. The number of nitrogens with zero attached hydrogens (tertiary/aromatic N) is 1. The van der Waals surface area contributed by atoms with Gasteiger partial charge in [0.25, 0.3) is 5.91 Å². The molecule has 0 saturated carbocycles. The predicted molar refractivity (Wildman–Crippen MR) is 73.5 cm³/mol. The van der Waals surface area contributed by atoms with Crippen LogP contribution in [-0.4, -0.2) is 38.1 Å². The van der Waals surface area contributed by atoms with Crippen LogP contribution >= 0.6 is 0 Å². The molecule has 1 amide bonds. The highest BCUT2D eigenvalue weighted by Crippen LogP contribution is 2.32. The van der Waals surface area contributed by atoms with Crippen molar-refractivity contribution in [1.82, 2.24) is 4.90 Å². The lowest BCUT2D eigenvalue weighted by Crippen LogP contribution is -2.19. The summed E-state index contributed by atoms with van der Waals surface area (Å²) in [5, 5.41) is 0.815. The van der Waals surface area contributed by atoms with Crippen molar-refractivity contribution in [1.29, 1.82) is 0 Å². The van der Waals surface area contributed by atoms with Crippen LogP contribution in [0.3, 0.4) is 0 Å². The molecule has 1 heterocycles. The lowest BCUT2D eigenvalue weighted by Gasteiger charge is -2.11. The van der Waals surface area contributed by atoms with Gasteiger partial charge in [0.15, 0.2) is 5.76 Å². The van der Waals surface area contributed by atoms with E-state index in [9.17, 15) is 4.79 Å². The molecular weight excluding hydrogens is 244 g/mol. The molecule has 0 unspecified atom stereocenters. The predicted octanol–water partition coefficient (Wildman–Crippen LogP) is 1.78. The van der Waals surface area contributed by atoms with Gasteiger partial charge in [0.05, 0.1) is 5.39 Å². The third-order valence-electron chi connectivity index (χ3n) is 2.94. The second-order valence-corrected chi connectivity index (χ2v) is 4.70. The molecule has 0 aliphatic carbocycles. The van der Waals surface area contributed by atoms with Crippen LogP contribution in [0.4, 0.5) is 0 Å². The van der Waals surface area contributed by atoms with Crippen LogP contribution in [0.25, 0.3) is 11.0 Å². The normalized spacial score (nSPS) is 11.2. The molecular formula is C14H18N2O3. The molecule has 5 nitrogen and oxygen atoms in total. The van der Waals surface area contributed by atoms with Crippen molar-refractivity contribution >= 4 is 16.9 Å². The fourth-order valence-electron chi connectivity index (χ4n) is 1.96. The van der Waals surface area contributed by atoms with E-state index in [1.165, 1.54) is 0 Å². The topological polar surface area (TPSA) is 68.7 Å². The fourth-order valence-corrected chi connectivity index (χ4v) is 1.96. The molecule has 5 heteroatoms. The SMILES string of the molecule is Cc1c(C(N)=O)oc2cccc(OCCN(C)C)c12. The summed E-state index contributed by atoms with van der Waals surface area (Å²) in [5.74, 6) is 0.347. The maximum absolute atomic E-state index is 11.3. The van der Waals surface area contributed by atoms with Crippen molar-refractivity contribution in [3.63, 3.8) is 0 Å². The monoisotopic (exact) mass is 262 g/mol. The van der Waals surface area contributed by atoms with Crippen LogP contribution in [0.1, 0.15) is 16.1 Å². The molecule has 102 valence electrons. The molecule has 19 heavy (non-hydrogen) atoms. The summed E-state index contributed by atoms with van der Waals surface area (Å²) >= 11 is 0. The smallest absolute Gasteiger partial charge is 0.284 e. The molecule has 2 aromatic rings. The maximum Gasteiger partial charge on any atom is 0.284 e. The summed E-state index contributed by atoms with van der Waals surface area (Å²) in [7, 11) is 3.97. The number of ether oxygens (including phenoxy) is 1. The summed E-state index contributed by atoms with van der Waals surface area (Å²) < 4.78 is 11.2. The molecule has 1 aromatic carbocycles. The Morgan fingerprint density at radius 2 is 2.16 bits per heavy atom. The van der Waals surface area contributed by atoms with Gasteiger partial charge in [-0.2, -0.15) is 0 Å². The van der Waals surface area contributed by atoms with Gasteiger partial charge in [0.1, 0.15) is 17.9 Å². The van der Waals surface area contributed by atoms with Crippen molar-refractivity contribution in [2.45, 2.75) is 6.92 Å². The Morgan fingerprint density at radius 1 is 1.42 bits per heavy atom. The zero-order valence-corrected chi connectivity index (χ0v) is 11.4. The maximum atomic E-state index is 11.3. The van der Waals surface area contributed by atoms with Crippen molar-refractivity contribution in [2.24, 2.45) is 5.73 Å². The zero-order chi connectivity index (χ0) is 14.0. The summed E-state index contributed by atoms with van der Waals surface area (Å²) in [6, 6.07) is 5.50. The fraction of sp³-hybridized carbons (Fsp3) is 0.357. The van der Waals surface area contributed by atoms with E-state index >= 15 is 0 Å². The van der Waals surface area contributed by atoms with Gasteiger partial charge in [-0.15, -0.1) is 0 Å². The van der Waals surface area contributed by atoms with Crippen molar-refractivity contribution in [3.05, 3.63) is 29.5 Å². The average molecular weight is 262 g/mol. The van der Waals surface area contributed by atoms with Crippen LogP contribution in [0, 0.1) is 6.92 Å². The molecule has 0 bridgehead atoms. The zero-order valence-electron chi connectivity index (χ0n) is 11.4. The molecule has 0 spiro atoms. The third kappa shape index (κ3) is 2.71. The minimum Gasteiger partial charge on any atom is -0.491 e. The largest absolute Gasteiger partial charge is 0.491 e.